The summed E-state index contributed by atoms with van der Waals surface area (Å²) in [7, 11) is 0. The highest BCUT2D eigenvalue weighted by atomic mass is 79.9. The number of rotatable bonds is 2. The van der Waals surface area contributed by atoms with Crippen molar-refractivity contribution in [3.05, 3.63) is 57.5 Å². The van der Waals surface area contributed by atoms with Crippen LogP contribution in [0, 0.1) is 0 Å². The Balaban J connectivity index is 1.87. The fourth-order valence-electron chi connectivity index (χ4n) is 2.18. The van der Waals surface area contributed by atoms with Gasteiger partial charge in [-0.3, -0.25) is 4.79 Å². The molecule has 1 aromatic carbocycles. The lowest BCUT2D eigenvalue weighted by Gasteiger charge is -2.00. The van der Waals surface area contributed by atoms with E-state index in [-0.39, 0.29) is 17.3 Å². The molecule has 0 amide bonds. The van der Waals surface area contributed by atoms with Crippen molar-refractivity contribution in [1.82, 2.24) is 15.1 Å². The molecular formula is C15H8BrN3O3. The van der Waals surface area contributed by atoms with Crippen LogP contribution in [0.15, 0.2) is 60.9 Å². The van der Waals surface area contributed by atoms with E-state index in [2.05, 4.69) is 31.1 Å². The third-order valence-corrected chi connectivity index (χ3v) is 3.70. The monoisotopic (exact) mass is 357 g/mol. The normalized spacial score (nSPS) is 11.1. The summed E-state index contributed by atoms with van der Waals surface area (Å²) in [4.78, 5) is 19.2. The van der Waals surface area contributed by atoms with Gasteiger partial charge in [0, 0.05) is 15.4 Å². The van der Waals surface area contributed by atoms with Crippen molar-refractivity contribution in [2.45, 2.75) is 0 Å². The van der Waals surface area contributed by atoms with Crippen LogP contribution in [0.1, 0.15) is 0 Å². The van der Waals surface area contributed by atoms with Crippen LogP contribution in [0.25, 0.3) is 33.9 Å². The van der Waals surface area contributed by atoms with E-state index in [1.807, 2.05) is 18.2 Å². The molecule has 3 aromatic heterocycles. The second kappa shape index (κ2) is 4.96. The van der Waals surface area contributed by atoms with Crippen molar-refractivity contribution in [2.75, 3.05) is 0 Å². The van der Waals surface area contributed by atoms with Gasteiger partial charge >= 0.3 is 0 Å². The summed E-state index contributed by atoms with van der Waals surface area (Å²) in [5.74, 6) is 0.905. The summed E-state index contributed by atoms with van der Waals surface area (Å²) in [5, 5.41) is 4.72. The molecule has 0 aliphatic heterocycles. The maximum atomic E-state index is 12.2. The molecule has 0 aliphatic carbocycles. The molecule has 0 saturated carbocycles. The molecule has 0 spiro atoms. The average Bonchev–Trinajstić information content (AvgIpc) is 3.17. The summed E-state index contributed by atoms with van der Waals surface area (Å²) in [6.45, 7) is 0. The number of halogens is 1. The van der Waals surface area contributed by atoms with Gasteiger partial charge in [-0.1, -0.05) is 21.1 Å². The van der Waals surface area contributed by atoms with E-state index in [1.54, 1.807) is 18.2 Å². The molecule has 6 nitrogen and oxygen atoms in total. The van der Waals surface area contributed by atoms with Crippen LogP contribution in [-0.2, 0) is 0 Å². The summed E-state index contributed by atoms with van der Waals surface area (Å²) in [6.07, 6.45) is 1.51. The summed E-state index contributed by atoms with van der Waals surface area (Å²) in [5.41, 5.74) is 0.806. The number of nitrogens with zero attached hydrogens (tertiary/aromatic N) is 2. The Hall–Kier alpha value is -2.67. The molecule has 7 heteroatoms. The van der Waals surface area contributed by atoms with E-state index in [0.29, 0.717) is 11.3 Å². The first-order valence-corrected chi connectivity index (χ1v) is 7.20. The van der Waals surface area contributed by atoms with Gasteiger partial charge in [0.25, 0.3) is 11.4 Å². The molecule has 3 heterocycles. The van der Waals surface area contributed by atoms with Gasteiger partial charge in [-0.2, -0.15) is 4.98 Å². The lowest BCUT2D eigenvalue weighted by molar-refractivity contribution is 0.417. The highest BCUT2D eigenvalue weighted by Crippen LogP contribution is 2.23. The molecule has 1 N–H and O–H groups in total. The lowest BCUT2D eigenvalue weighted by atomic mass is 10.1. The van der Waals surface area contributed by atoms with Crippen LogP contribution in [0.3, 0.4) is 0 Å². The number of hydrogen-bond acceptors (Lipinski definition) is 5. The Morgan fingerprint density at radius 3 is 2.91 bits per heavy atom. The number of H-pyrrole nitrogens is 1. The van der Waals surface area contributed by atoms with Gasteiger partial charge in [-0.05, 0) is 36.4 Å². The maximum absolute atomic E-state index is 12.2. The zero-order chi connectivity index (χ0) is 15.1. The van der Waals surface area contributed by atoms with Crippen molar-refractivity contribution in [3.63, 3.8) is 0 Å². The predicted molar refractivity (Wildman–Crippen MR) is 83.3 cm³/mol. The molecule has 108 valence electrons. The topological polar surface area (TPSA) is 84.9 Å². The van der Waals surface area contributed by atoms with Gasteiger partial charge < -0.3 is 13.9 Å². The molecule has 4 aromatic rings. The number of hydrogen-bond donors (Lipinski definition) is 1. The first kappa shape index (κ1) is 13.0. The van der Waals surface area contributed by atoms with E-state index in [1.165, 1.54) is 6.26 Å². The molecule has 4 rings (SSSR count). The van der Waals surface area contributed by atoms with Crippen molar-refractivity contribution in [1.29, 1.82) is 0 Å². The summed E-state index contributed by atoms with van der Waals surface area (Å²) < 4.78 is 11.3. The van der Waals surface area contributed by atoms with E-state index < -0.39 is 0 Å². The molecule has 0 aliphatic rings. The molecule has 0 unspecified atom stereocenters. The number of fused-ring (bicyclic) bond motifs is 1. The number of benzene rings is 1. The molecule has 0 radical (unpaired) electrons. The second-order valence-electron chi connectivity index (χ2n) is 4.64. The molecule has 0 atom stereocenters. The maximum Gasteiger partial charge on any atom is 0.293 e. The SMILES string of the molecule is O=c1[nH]c2ccc(Br)cc2cc1-c1noc(-c2ccco2)n1. The molecule has 0 fully saturated rings. The Labute approximate surface area is 131 Å². The summed E-state index contributed by atoms with van der Waals surface area (Å²) >= 11 is 3.41. The smallest absolute Gasteiger partial charge is 0.293 e. The molecule has 22 heavy (non-hydrogen) atoms. The van der Waals surface area contributed by atoms with Gasteiger partial charge in [0.1, 0.15) is 0 Å². The first-order valence-electron chi connectivity index (χ1n) is 6.41. The second-order valence-corrected chi connectivity index (χ2v) is 5.56. The van der Waals surface area contributed by atoms with Crippen molar-refractivity contribution < 1.29 is 8.94 Å². The predicted octanol–water partition coefficient (Wildman–Crippen LogP) is 3.60. The van der Waals surface area contributed by atoms with E-state index in [9.17, 15) is 4.79 Å². The minimum Gasteiger partial charge on any atom is -0.459 e. The van der Waals surface area contributed by atoms with Crippen LogP contribution in [0.2, 0.25) is 0 Å². The minimum atomic E-state index is -0.276. The number of aromatic nitrogens is 3. The van der Waals surface area contributed by atoms with Gasteiger partial charge in [0.15, 0.2) is 5.76 Å². The van der Waals surface area contributed by atoms with Crippen molar-refractivity contribution in [2.24, 2.45) is 0 Å². The highest BCUT2D eigenvalue weighted by Gasteiger charge is 2.15. The number of furan rings is 1. The van der Waals surface area contributed by atoms with Crippen LogP contribution >= 0.6 is 15.9 Å². The molecule has 0 bridgehead atoms. The first-order chi connectivity index (χ1) is 10.7. The minimum absolute atomic E-state index is 0.217. The zero-order valence-electron chi connectivity index (χ0n) is 11.0. The third kappa shape index (κ3) is 2.15. The van der Waals surface area contributed by atoms with Crippen LogP contribution in [-0.4, -0.2) is 15.1 Å². The summed E-state index contributed by atoms with van der Waals surface area (Å²) in [6, 6.07) is 10.8. The fourth-order valence-corrected chi connectivity index (χ4v) is 2.56. The van der Waals surface area contributed by atoms with Crippen LogP contribution < -0.4 is 5.56 Å². The fraction of sp³-hybridized carbons (Fsp3) is 0. The molecule has 0 saturated heterocycles. The van der Waals surface area contributed by atoms with Crippen molar-refractivity contribution in [3.8, 4) is 23.0 Å². The lowest BCUT2D eigenvalue weighted by Crippen LogP contribution is -2.09. The van der Waals surface area contributed by atoms with Crippen molar-refractivity contribution >= 4 is 26.8 Å². The number of nitrogens with one attached hydrogen (secondary N) is 1. The van der Waals surface area contributed by atoms with E-state index >= 15 is 0 Å². The van der Waals surface area contributed by atoms with Gasteiger partial charge in [0.05, 0.1) is 11.8 Å². The van der Waals surface area contributed by atoms with Gasteiger partial charge in [0.2, 0.25) is 5.82 Å². The highest BCUT2D eigenvalue weighted by molar-refractivity contribution is 9.10. The quantitative estimate of drug-likeness (QED) is 0.592. The van der Waals surface area contributed by atoms with Crippen LogP contribution in [0.5, 0.6) is 0 Å². The zero-order valence-corrected chi connectivity index (χ0v) is 12.6. The van der Waals surface area contributed by atoms with Crippen LogP contribution in [0.4, 0.5) is 0 Å². The standard InChI is InChI=1S/C15H8BrN3O3/c16-9-3-4-11-8(6-9)7-10(14(20)17-11)13-18-15(22-19-13)12-2-1-5-21-12/h1-7H,(H,17,20). The molecular weight excluding hydrogens is 350 g/mol. The Bertz CT molecular complexity index is 1020. The number of aromatic amines is 1. The van der Waals surface area contributed by atoms with E-state index in [0.717, 1.165) is 15.4 Å². The van der Waals surface area contributed by atoms with Gasteiger partial charge in [-0.15, -0.1) is 0 Å². The Morgan fingerprint density at radius 1 is 1.18 bits per heavy atom. The third-order valence-electron chi connectivity index (χ3n) is 3.21. The largest absolute Gasteiger partial charge is 0.459 e. The number of pyridine rings is 1. The average molecular weight is 358 g/mol. The van der Waals surface area contributed by atoms with E-state index in [4.69, 9.17) is 8.94 Å². The Kier molecular flexibility index (Phi) is 2.93. The van der Waals surface area contributed by atoms with Gasteiger partial charge in [-0.25, -0.2) is 0 Å². The Morgan fingerprint density at radius 2 is 2.09 bits per heavy atom.